The second kappa shape index (κ2) is 7.89. The van der Waals surface area contributed by atoms with Crippen molar-refractivity contribution in [3.8, 4) is 0 Å². The first-order valence-corrected chi connectivity index (χ1v) is 11.1. The molecule has 0 saturated carbocycles. The van der Waals surface area contributed by atoms with Crippen molar-refractivity contribution >= 4 is 55.7 Å². The first kappa shape index (κ1) is 20.4. The van der Waals surface area contributed by atoms with Crippen LogP contribution in [-0.4, -0.2) is 21.8 Å². The Labute approximate surface area is 193 Å². The lowest BCUT2D eigenvalue weighted by atomic mass is 9.95. The molecule has 1 fully saturated rings. The molecule has 0 bridgehead atoms. The highest BCUT2D eigenvalue weighted by Crippen LogP contribution is 2.44. The number of thiazole rings is 1. The standard InChI is InChI=1S/C25H17ClN2O3S/c1-14-10-11-18-19(12-14)32-25(27-18)28-21(16-8-5-9-17(26)13-16)20(23(30)24(28)31)22(29)15-6-3-2-4-7-15/h2-13,21,29H,1H3. The normalized spacial score (nSPS) is 17.9. The molecule has 158 valence electrons. The van der Waals surface area contributed by atoms with Crippen molar-refractivity contribution in [1.29, 1.82) is 0 Å². The second-order valence-corrected chi connectivity index (χ2v) is 9.00. The van der Waals surface area contributed by atoms with Crippen LogP contribution in [0.4, 0.5) is 5.13 Å². The van der Waals surface area contributed by atoms with Gasteiger partial charge in [0.05, 0.1) is 21.8 Å². The van der Waals surface area contributed by atoms with Crippen LogP contribution in [0.5, 0.6) is 0 Å². The van der Waals surface area contributed by atoms with Gasteiger partial charge in [0.15, 0.2) is 5.13 Å². The molecular formula is C25H17ClN2O3S. The number of hydrogen-bond donors (Lipinski definition) is 1. The fourth-order valence-corrected chi connectivity index (χ4v) is 5.19. The van der Waals surface area contributed by atoms with E-state index in [1.807, 2.05) is 31.2 Å². The van der Waals surface area contributed by atoms with Gasteiger partial charge in [-0.15, -0.1) is 0 Å². The van der Waals surface area contributed by atoms with Crippen LogP contribution in [0.2, 0.25) is 5.02 Å². The summed E-state index contributed by atoms with van der Waals surface area (Å²) in [6.45, 7) is 1.98. The van der Waals surface area contributed by atoms with E-state index < -0.39 is 17.7 Å². The van der Waals surface area contributed by atoms with Crippen molar-refractivity contribution in [1.82, 2.24) is 4.98 Å². The number of halogens is 1. The summed E-state index contributed by atoms with van der Waals surface area (Å²) in [6.07, 6.45) is 0. The summed E-state index contributed by atoms with van der Waals surface area (Å²) in [4.78, 5) is 32.4. The molecular weight excluding hydrogens is 444 g/mol. The van der Waals surface area contributed by atoms with Gasteiger partial charge in [0, 0.05) is 10.6 Å². The average molecular weight is 461 g/mol. The number of benzene rings is 3. The number of Topliss-reactive ketones (excluding diaryl/α,β-unsaturated/α-hetero) is 1. The summed E-state index contributed by atoms with van der Waals surface area (Å²) in [6, 6.07) is 20.6. The number of rotatable bonds is 3. The minimum absolute atomic E-state index is 0.0129. The molecule has 1 aromatic heterocycles. The zero-order valence-electron chi connectivity index (χ0n) is 16.9. The minimum atomic E-state index is -0.851. The number of fused-ring (bicyclic) bond motifs is 1. The van der Waals surface area contributed by atoms with Crippen molar-refractivity contribution in [3.05, 3.63) is 100 Å². The van der Waals surface area contributed by atoms with Crippen molar-refractivity contribution in [2.24, 2.45) is 0 Å². The molecule has 1 unspecified atom stereocenters. The van der Waals surface area contributed by atoms with E-state index in [4.69, 9.17) is 11.6 Å². The van der Waals surface area contributed by atoms with E-state index in [1.54, 1.807) is 48.5 Å². The zero-order chi connectivity index (χ0) is 22.4. The monoisotopic (exact) mass is 460 g/mol. The van der Waals surface area contributed by atoms with E-state index in [0.29, 0.717) is 21.3 Å². The molecule has 1 amide bonds. The van der Waals surface area contributed by atoms with Gasteiger partial charge in [0.1, 0.15) is 5.76 Å². The quantitative estimate of drug-likeness (QED) is 0.235. The predicted molar refractivity (Wildman–Crippen MR) is 127 cm³/mol. The van der Waals surface area contributed by atoms with Gasteiger partial charge in [-0.2, -0.15) is 0 Å². The lowest BCUT2D eigenvalue weighted by Gasteiger charge is -2.23. The van der Waals surface area contributed by atoms with Crippen molar-refractivity contribution in [3.63, 3.8) is 0 Å². The highest BCUT2D eigenvalue weighted by molar-refractivity contribution is 7.22. The molecule has 1 aliphatic rings. The van der Waals surface area contributed by atoms with Crippen LogP contribution in [0.25, 0.3) is 16.0 Å². The van der Waals surface area contributed by atoms with E-state index >= 15 is 0 Å². The maximum absolute atomic E-state index is 13.2. The van der Waals surface area contributed by atoms with Crippen LogP contribution in [0.1, 0.15) is 22.7 Å². The third-order valence-corrected chi connectivity index (χ3v) is 6.65. The van der Waals surface area contributed by atoms with Gasteiger partial charge in [-0.25, -0.2) is 4.98 Å². The Bertz CT molecular complexity index is 1410. The number of aryl methyl sites for hydroxylation is 1. The molecule has 5 nitrogen and oxygen atoms in total. The van der Waals surface area contributed by atoms with Crippen LogP contribution < -0.4 is 4.90 Å². The first-order chi connectivity index (χ1) is 15.4. The fraction of sp³-hybridized carbons (Fsp3) is 0.0800. The number of hydrogen-bond acceptors (Lipinski definition) is 5. The van der Waals surface area contributed by atoms with E-state index in [-0.39, 0.29) is 11.3 Å². The van der Waals surface area contributed by atoms with Crippen LogP contribution in [-0.2, 0) is 9.59 Å². The lowest BCUT2D eigenvalue weighted by molar-refractivity contribution is -0.132. The van der Waals surface area contributed by atoms with Crippen molar-refractivity contribution in [2.75, 3.05) is 4.90 Å². The number of aliphatic hydroxyl groups excluding tert-OH is 1. The molecule has 1 aliphatic heterocycles. The Hall–Kier alpha value is -3.48. The molecule has 5 rings (SSSR count). The largest absolute Gasteiger partial charge is 0.507 e. The predicted octanol–water partition coefficient (Wildman–Crippen LogP) is 5.88. The molecule has 2 heterocycles. The molecule has 7 heteroatoms. The number of nitrogens with zero attached hydrogens (tertiary/aromatic N) is 2. The maximum Gasteiger partial charge on any atom is 0.301 e. The average Bonchev–Trinajstić information content (AvgIpc) is 3.32. The first-order valence-electron chi connectivity index (χ1n) is 9.93. The number of aliphatic hydroxyl groups is 1. The maximum atomic E-state index is 13.2. The van der Waals surface area contributed by atoms with Crippen LogP contribution in [0.3, 0.4) is 0 Å². The Morgan fingerprint density at radius 2 is 1.81 bits per heavy atom. The van der Waals surface area contributed by atoms with Crippen LogP contribution >= 0.6 is 22.9 Å². The van der Waals surface area contributed by atoms with Gasteiger partial charge in [-0.3, -0.25) is 14.5 Å². The molecule has 0 spiro atoms. The van der Waals surface area contributed by atoms with Gasteiger partial charge in [0.25, 0.3) is 5.78 Å². The number of ketones is 1. The summed E-state index contributed by atoms with van der Waals surface area (Å²) in [5.74, 6) is -1.72. The van der Waals surface area contributed by atoms with E-state index in [9.17, 15) is 14.7 Å². The zero-order valence-corrected chi connectivity index (χ0v) is 18.5. The topological polar surface area (TPSA) is 70.5 Å². The van der Waals surface area contributed by atoms with Crippen LogP contribution in [0.15, 0.2) is 78.4 Å². The highest BCUT2D eigenvalue weighted by atomic mass is 35.5. The summed E-state index contributed by atoms with van der Waals surface area (Å²) >= 11 is 7.57. The number of carbonyl (C=O) groups is 2. The van der Waals surface area contributed by atoms with Gasteiger partial charge in [0.2, 0.25) is 0 Å². The highest BCUT2D eigenvalue weighted by Gasteiger charge is 2.48. The van der Waals surface area contributed by atoms with Crippen molar-refractivity contribution < 1.29 is 14.7 Å². The van der Waals surface area contributed by atoms with Gasteiger partial charge in [-0.1, -0.05) is 71.5 Å². The van der Waals surface area contributed by atoms with E-state index in [2.05, 4.69) is 4.98 Å². The van der Waals surface area contributed by atoms with Crippen molar-refractivity contribution in [2.45, 2.75) is 13.0 Å². The summed E-state index contributed by atoms with van der Waals surface area (Å²) < 4.78 is 0.912. The SMILES string of the molecule is Cc1ccc2nc(N3C(=O)C(=O)C(=C(O)c4ccccc4)C3c3cccc(Cl)c3)sc2c1. The molecule has 1 saturated heterocycles. The van der Waals surface area contributed by atoms with E-state index in [1.165, 1.54) is 16.2 Å². The molecule has 1 atom stereocenters. The molecule has 0 aliphatic carbocycles. The smallest absolute Gasteiger partial charge is 0.301 e. The van der Waals surface area contributed by atoms with Gasteiger partial charge in [-0.05, 0) is 42.3 Å². The van der Waals surface area contributed by atoms with Gasteiger partial charge < -0.3 is 5.11 Å². The molecule has 32 heavy (non-hydrogen) atoms. The Balaban J connectivity index is 1.75. The molecule has 4 aromatic rings. The molecule has 1 N–H and O–H groups in total. The Kier molecular flexibility index (Phi) is 5.04. The minimum Gasteiger partial charge on any atom is -0.507 e. The third kappa shape index (κ3) is 3.38. The van der Waals surface area contributed by atoms with Crippen LogP contribution in [0, 0.1) is 6.92 Å². The second-order valence-electron chi connectivity index (χ2n) is 7.56. The Morgan fingerprint density at radius 1 is 1.03 bits per heavy atom. The molecule has 0 radical (unpaired) electrons. The Morgan fingerprint density at radius 3 is 2.56 bits per heavy atom. The molecule has 3 aromatic carbocycles. The summed E-state index contributed by atoms with van der Waals surface area (Å²) in [7, 11) is 0. The number of aromatic nitrogens is 1. The van der Waals surface area contributed by atoms with E-state index in [0.717, 1.165) is 15.8 Å². The number of carbonyl (C=O) groups excluding carboxylic acids is 2. The fourth-order valence-electron chi connectivity index (χ4n) is 3.90. The third-order valence-electron chi connectivity index (χ3n) is 5.39. The summed E-state index contributed by atoms with van der Waals surface area (Å²) in [5, 5.41) is 11.9. The number of amides is 1. The number of anilines is 1. The van der Waals surface area contributed by atoms with Gasteiger partial charge >= 0.3 is 5.91 Å². The summed E-state index contributed by atoms with van der Waals surface area (Å²) in [5.41, 5.74) is 2.90. The lowest BCUT2D eigenvalue weighted by Crippen LogP contribution is -2.29.